The number of phenols is 1. The average Bonchev–Trinajstić information content (AvgIpc) is 2.16. The second kappa shape index (κ2) is 4.67. The van der Waals surface area contributed by atoms with Crippen LogP contribution in [-0.2, 0) is 0 Å². The first-order valence-electron chi connectivity index (χ1n) is 5.41. The standard InChI is InChI=1S/C13H20O2/c1-8(2)11-6-12(10(4)7-14)13(15)5-9(11)3/h5-6,8,10,14-15H,7H2,1-4H3. The van der Waals surface area contributed by atoms with Gasteiger partial charge in [-0.25, -0.2) is 0 Å². The van der Waals surface area contributed by atoms with Crippen LogP contribution in [0.15, 0.2) is 12.1 Å². The summed E-state index contributed by atoms with van der Waals surface area (Å²) in [6, 6.07) is 3.80. The van der Waals surface area contributed by atoms with Crippen LogP contribution in [-0.4, -0.2) is 16.8 Å². The summed E-state index contributed by atoms with van der Waals surface area (Å²) >= 11 is 0. The molecule has 2 heteroatoms. The Hall–Kier alpha value is -1.02. The first-order valence-corrected chi connectivity index (χ1v) is 5.41. The molecule has 1 aromatic rings. The molecule has 0 spiro atoms. The number of aromatic hydroxyl groups is 1. The lowest BCUT2D eigenvalue weighted by atomic mass is 9.91. The van der Waals surface area contributed by atoms with E-state index in [1.807, 2.05) is 19.9 Å². The zero-order valence-corrected chi connectivity index (χ0v) is 9.91. The van der Waals surface area contributed by atoms with Crippen molar-refractivity contribution >= 4 is 0 Å². The summed E-state index contributed by atoms with van der Waals surface area (Å²) in [6.45, 7) is 8.24. The minimum absolute atomic E-state index is 0.0110. The highest BCUT2D eigenvalue weighted by molar-refractivity contribution is 5.44. The van der Waals surface area contributed by atoms with E-state index < -0.39 is 0 Å². The van der Waals surface area contributed by atoms with Crippen molar-refractivity contribution in [3.05, 3.63) is 28.8 Å². The summed E-state index contributed by atoms with van der Waals surface area (Å²) in [6.07, 6.45) is 0. The molecule has 0 heterocycles. The molecule has 0 fully saturated rings. The van der Waals surface area contributed by atoms with Gasteiger partial charge in [-0.2, -0.15) is 0 Å². The first-order chi connectivity index (χ1) is 6.97. The molecule has 84 valence electrons. The third-order valence-electron chi connectivity index (χ3n) is 2.84. The topological polar surface area (TPSA) is 40.5 Å². The first kappa shape index (κ1) is 12.1. The molecular formula is C13H20O2. The quantitative estimate of drug-likeness (QED) is 0.801. The molecule has 0 aromatic heterocycles. The largest absolute Gasteiger partial charge is 0.508 e. The van der Waals surface area contributed by atoms with Crippen molar-refractivity contribution in [2.24, 2.45) is 0 Å². The van der Waals surface area contributed by atoms with Gasteiger partial charge in [-0.15, -0.1) is 0 Å². The molecule has 0 saturated heterocycles. The van der Waals surface area contributed by atoms with Gasteiger partial charge >= 0.3 is 0 Å². The number of rotatable bonds is 3. The predicted molar refractivity (Wildman–Crippen MR) is 62.4 cm³/mol. The van der Waals surface area contributed by atoms with Crippen LogP contribution in [0.4, 0.5) is 0 Å². The molecule has 0 amide bonds. The second-order valence-electron chi connectivity index (χ2n) is 4.51. The van der Waals surface area contributed by atoms with E-state index in [0.29, 0.717) is 11.7 Å². The Morgan fingerprint density at radius 2 is 1.73 bits per heavy atom. The Bertz CT molecular complexity index is 343. The molecule has 0 bridgehead atoms. The van der Waals surface area contributed by atoms with Gasteiger partial charge < -0.3 is 10.2 Å². The van der Waals surface area contributed by atoms with Gasteiger partial charge in [0.15, 0.2) is 0 Å². The SMILES string of the molecule is Cc1cc(O)c(C(C)CO)cc1C(C)C. The number of aliphatic hydroxyl groups is 1. The van der Waals surface area contributed by atoms with Crippen LogP contribution in [0.1, 0.15) is 49.3 Å². The summed E-state index contributed by atoms with van der Waals surface area (Å²) < 4.78 is 0. The zero-order chi connectivity index (χ0) is 11.6. The van der Waals surface area contributed by atoms with E-state index in [2.05, 4.69) is 13.8 Å². The fourth-order valence-electron chi connectivity index (χ4n) is 1.84. The predicted octanol–water partition coefficient (Wildman–Crippen LogP) is 2.92. The van der Waals surface area contributed by atoms with Crippen LogP contribution < -0.4 is 0 Å². The fraction of sp³-hybridized carbons (Fsp3) is 0.538. The highest BCUT2D eigenvalue weighted by atomic mass is 16.3. The molecule has 0 aliphatic heterocycles. The Morgan fingerprint density at radius 1 is 1.13 bits per heavy atom. The summed E-state index contributed by atoms with van der Waals surface area (Å²) in [5.41, 5.74) is 3.19. The Kier molecular flexibility index (Phi) is 3.75. The van der Waals surface area contributed by atoms with Crippen LogP contribution in [0.3, 0.4) is 0 Å². The Balaban J connectivity index is 3.23. The molecule has 1 atom stereocenters. The molecule has 0 aliphatic rings. The lowest BCUT2D eigenvalue weighted by Gasteiger charge is -2.16. The van der Waals surface area contributed by atoms with E-state index in [4.69, 9.17) is 5.11 Å². The molecular weight excluding hydrogens is 188 g/mol. The molecule has 0 aliphatic carbocycles. The zero-order valence-electron chi connectivity index (χ0n) is 9.91. The Morgan fingerprint density at radius 3 is 2.20 bits per heavy atom. The fourth-order valence-corrected chi connectivity index (χ4v) is 1.84. The van der Waals surface area contributed by atoms with Crippen molar-refractivity contribution in [2.45, 2.75) is 39.5 Å². The van der Waals surface area contributed by atoms with Crippen molar-refractivity contribution in [1.29, 1.82) is 0 Å². The minimum Gasteiger partial charge on any atom is -0.508 e. The molecule has 1 unspecified atom stereocenters. The molecule has 0 radical (unpaired) electrons. The van der Waals surface area contributed by atoms with E-state index in [0.717, 1.165) is 11.1 Å². The van der Waals surface area contributed by atoms with Gasteiger partial charge in [0.2, 0.25) is 0 Å². The summed E-state index contributed by atoms with van der Waals surface area (Å²) in [5, 5.41) is 18.9. The summed E-state index contributed by atoms with van der Waals surface area (Å²) in [4.78, 5) is 0. The Labute approximate surface area is 91.6 Å². The number of benzene rings is 1. The molecule has 2 nitrogen and oxygen atoms in total. The van der Waals surface area contributed by atoms with E-state index in [-0.39, 0.29) is 12.5 Å². The molecule has 2 N–H and O–H groups in total. The van der Waals surface area contributed by atoms with E-state index in [1.165, 1.54) is 5.56 Å². The molecule has 1 rings (SSSR count). The van der Waals surface area contributed by atoms with Crippen molar-refractivity contribution < 1.29 is 10.2 Å². The van der Waals surface area contributed by atoms with Crippen LogP contribution in [0.2, 0.25) is 0 Å². The highest BCUT2D eigenvalue weighted by Gasteiger charge is 2.13. The molecule has 15 heavy (non-hydrogen) atoms. The van der Waals surface area contributed by atoms with Crippen molar-refractivity contribution in [1.82, 2.24) is 0 Å². The van der Waals surface area contributed by atoms with E-state index in [1.54, 1.807) is 6.07 Å². The summed E-state index contributed by atoms with van der Waals surface area (Å²) in [7, 11) is 0. The van der Waals surface area contributed by atoms with Gasteiger partial charge in [0.05, 0.1) is 0 Å². The number of aryl methyl sites for hydroxylation is 1. The van der Waals surface area contributed by atoms with Gasteiger partial charge in [0.1, 0.15) is 5.75 Å². The van der Waals surface area contributed by atoms with Gasteiger partial charge in [0, 0.05) is 12.5 Å². The maximum absolute atomic E-state index is 9.79. The number of hydrogen-bond donors (Lipinski definition) is 2. The van der Waals surface area contributed by atoms with Crippen molar-refractivity contribution in [3.63, 3.8) is 0 Å². The van der Waals surface area contributed by atoms with E-state index >= 15 is 0 Å². The third kappa shape index (κ3) is 2.51. The van der Waals surface area contributed by atoms with Gasteiger partial charge in [-0.3, -0.25) is 0 Å². The van der Waals surface area contributed by atoms with Gasteiger partial charge in [0.25, 0.3) is 0 Å². The van der Waals surface area contributed by atoms with Crippen molar-refractivity contribution in [3.8, 4) is 5.75 Å². The van der Waals surface area contributed by atoms with Crippen LogP contribution in [0.25, 0.3) is 0 Å². The van der Waals surface area contributed by atoms with Crippen LogP contribution in [0, 0.1) is 6.92 Å². The summed E-state index contributed by atoms with van der Waals surface area (Å²) in [5.74, 6) is 0.719. The lowest BCUT2D eigenvalue weighted by Crippen LogP contribution is -2.02. The molecule has 1 aromatic carbocycles. The lowest BCUT2D eigenvalue weighted by molar-refractivity contribution is 0.270. The van der Waals surface area contributed by atoms with Crippen LogP contribution >= 0.6 is 0 Å². The second-order valence-corrected chi connectivity index (χ2v) is 4.51. The van der Waals surface area contributed by atoms with Gasteiger partial charge in [-0.05, 0) is 35.6 Å². The minimum atomic E-state index is -0.0110. The van der Waals surface area contributed by atoms with Gasteiger partial charge in [-0.1, -0.05) is 26.8 Å². The van der Waals surface area contributed by atoms with Crippen molar-refractivity contribution in [2.75, 3.05) is 6.61 Å². The number of aliphatic hydroxyl groups excluding tert-OH is 1. The maximum Gasteiger partial charge on any atom is 0.119 e. The number of hydrogen-bond acceptors (Lipinski definition) is 2. The van der Waals surface area contributed by atoms with E-state index in [9.17, 15) is 5.11 Å². The molecule has 0 saturated carbocycles. The average molecular weight is 208 g/mol. The maximum atomic E-state index is 9.79. The number of phenolic OH excluding ortho intramolecular Hbond substituents is 1. The smallest absolute Gasteiger partial charge is 0.119 e. The highest BCUT2D eigenvalue weighted by Crippen LogP contribution is 2.31. The normalized spacial score (nSPS) is 13.2. The van der Waals surface area contributed by atoms with Crippen LogP contribution in [0.5, 0.6) is 5.75 Å². The monoisotopic (exact) mass is 208 g/mol. The third-order valence-corrected chi connectivity index (χ3v) is 2.84.